The van der Waals surface area contributed by atoms with Crippen molar-refractivity contribution in [3.05, 3.63) is 65.7 Å². The van der Waals surface area contributed by atoms with Gasteiger partial charge in [0.2, 0.25) is 18.0 Å². The highest BCUT2D eigenvalue weighted by atomic mass is 127. The minimum atomic E-state index is -1.12. The number of para-hydroxylation sites is 1. The van der Waals surface area contributed by atoms with E-state index in [2.05, 4.69) is 27.9 Å². The Morgan fingerprint density at radius 3 is 2.35 bits per heavy atom. The second kappa shape index (κ2) is 11.6. The number of nitrogens with zero attached hydrogens (tertiary/aromatic N) is 2. The third kappa shape index (κ3) is 5.84. The average Bonchev–Trinajstić information content (AvgIpc) is 2.92. The summed E-state index contributed by atoms with van der Waals surface area (Å²) in [6.07, 6.45) is -0.131. The third-order valence-corrected chi connectivity index (χ3v) is 6.63. The molecule has 2 aromatic rings. The Balaban J connectivity index is 2.02. The molecule has 1 aliphatic heterocycles. The molecule has 0 unspecified atom stereocenters. The monoisotopic (exact) mass is 574 g/mol. The number of alkyl halides is 1. The summed E-state index contributed by atoms with van der Waals surface area (Å²) in [5.74, 6) is -2.29. The lowest BCUT2D eigenvalue weighted by Crippen LogP contribution is -2.50. The summed E-state index contributed by atoms with van der Waals surface area (Å²) in [6.45, 7) is 3.99. The summed E-state index contributed by atoms with van der Waals surface area (Å²) in [6, 6.07) is 17.1. The van der Waals surface area contributed by atoms with E-state index in [-0.39, 0.29) is 17.7 Å². The van der Waals surface area contributed by atoms with Crippen LogP contribution in [-0.4, -0.2) is 41.1 Å². The lowest BCUT2D eigenvalue weighted by Gasteiger charge is -2.27. The van der Waals surface area contributed by atoms with Gasteiger partial charge in [-0.05, 0) is 24.8 Å². The molecule has 3 rings (SSSR count). The largest absolute Gasteiger partial charge is 0.369 e. The summed E-state index contributed by atoms with van der Waals surface area (Å²) in [5.41, 5.74) is 8.66. The van der Waals surface area contributed by atoms with E-state index in [9.17, 15) is 14.4 Å². The molecule has 0 spiro atoms. The molecular formula is C26H31IN4O3. The minimum Gasteiger partial charge on any atom is -0.369 e. The van der Waals surface area contributed by atoms with Gasteiger partial charge >= 0.3 is 0 Å². The number of aliphatic imine (C=N–C) groups is 1. The normalized spacial score (nSPS) is 17.4. The van der Waals surface area contributed by atoms with E-state index < -0.39 is 23.9 Å². The molecule has 2 aromatic carbocycles. The fraction of sp³-hybridized carbons (Fsp3) is 0.385. The molecule has 1 aliphatic rings. The Morgan fingerprint density at radius 2 is 1.74 bits per heavy atom. The molecule has 180 valence electrons. The van der Waals surface area contributed by atoms with Gasteiger partial charge < -0.3 is 16.0 Å². The molecule has 0 aliphatic carbocycles. The third-order valence-electron chi connectivity index (χ3n) is 6.00. The van der Waals surface area contributed by atoms with Crippen molar-refractivity contribution in [1.82, 2.24) is 5.32 Å². The number of hydrogen-bond donors (Lipinski definition) is 2. The van der Waals surface area contributed by atoms with Gasteiger partial charge in [-0.15, -0.1) is 0 Å². The van der Waals surface area contributed by atoms with Crippen molar-refractivity contribution in [2.45, 2.75) is 32.9 Å². The summed E-state index contributed by atoms with van der Waals surface area (Å²) < 4.78 is 0.698. The summed E-state index contributed by atoms with van der Waals surface area (Å²) in [5, 5.41) is 2.84. The zero-order chi connectivity index (χ0) is 24.8. The van der Waals surface area contributed by atoms with Crippen LogP contribution in [0.5, 0.6) is 0 Å². The fourth-order valence-corrected chi connectivity index (χ4v) is 4.98. The minimum absolute atomic E-state index is 0.173. The van der Waals surface area contributed by atoms with Crippen molar-refractivity contribution in [3.63, 3.8) is 0 Å². The van der Waals surface area contributed by atoms with Crippen LogP contribution >= 0.6 is 22.6 Å². The van der Waals surface area contributed by atoms with Crippen LogP contribution in [0.15, 0.2) is 59.6 Å². The Bertz CT molecular complexity index is 1070. The van der Waals surface area contributed by atoms with Crippen molar-refractivity contribution in [2.75, 3.05) is 16.4 Å². The molecule has 34 heavy (non-hydrogen) atoms. The van der Waals surface area contributed by atoms with E-state index in [1.54, 1.807) is 7.05 Å². The van der Waals surface area contributed by atoms with E-state index in [1.165, 1.54) is 4.90 Å². The van der Waals surface area contributed by atoms with Gasteiger partial charge in [0.15, 0.2) is 0 Å². The first kappa shape index (κ1) is 25.9. The van der Waals surface area contributed by atoms with Crippen LogP contribution in [-0.2, 0) is 14.4 Å². The number of benzodiazepines with no additional fused rings is 1. The van der Waals surface area contributed by atoms with Crippen molar-refractivity contribution in [2.24, 2.45) is 28.5 Å². The zero-order valence-electron chi connectivity index (χ0n) is 19.7. The van der Waals surface area contributed by atoms with Crippen molar-refractivity contribution in [3.8, 4) is 0 Å². The maximum Gasteiger partial charge on any atom is 0.272 e. The number of amides is 3. The molecule has 0 saturated carbocycles. The van der Waals surface area contributed by atoms with E-state index in [0.29, 0.717) is 28.7 Å². The van der Waals surface area contributed by atoms with E-state index in [0.717, 1.165) is 11.1 Å². The number of likely N-dealkylation sites (N-methyl/N-ethyl adjacent to an activating group) is 1. The first-order chi connectivity index (χ1) is 16.2. The number of carbonyl (C=O) groups is 3. The Morgan fingerprint density at radius 1 is 1.09 bits per heavy atom. The summed E-state index contributed by atoms with van der Waals surface area (Å²) >= 11 is 2.18. The SMILES string of the molecule is CC(C)C[C@@H](C(=O)N[C@H]1N=C(c2ccccc2)c2ccccc2N(C)C1=O)[C@H](CCI)C(N)=O. The number of carbonyl (C=O) groups excluding carboxylic acids is 3. The number of anilines is 1. The molecule has 3 N–H and O–H groups in total. The Kier molecular flexibility index (Phi) is 8.82. The van der Waals surface area contributed by atoms with E-state index in [4.69, 9.17) is 10.7 Å². The number of rotatable bonds is 9. The molecule has 7 nitrogen and oxygen atoms in total. The molecule has 0 fully saturated rings. The number of nitrogens with two attached hydrogens (primary N) is 1. The number of nitrogens with one attached hydrogen (secondary N) is 1. The topological polar surface area (TPSA) is 105 Å². The molecule has 0 bridgehead atoms. The number of hydrogen-bond acceptors (Lipinski definition) is 4. The van der Waals surface area contributed by atoms with Crippen LogP contribution in [0.4, 0.5) is 5.69 Å². The molecule has 0 aromatic heterocycles. The van der Waals surface area contributed by atoms with Crippen LogP contribution in [0.25, 0.3) is 0 Å². The van der Waals surface area contributed by atoms with Gasteiger partial charge in [0, 0.05) is 28.5 Å². The van der Waals surface area contributed by atoms with Gasteiger partial charge in [-0.3, -0.25) is 14.4 Å². The fourth-order valence-electron chi connectivity index (χ4n) is 4.31. The van der Waals surface area contributed by atoms with Crippen LogP contribution in [0.2, 0.25) is 0 Å². The van der Waals surface area contributed by atoms with Crippen LogP contribution in [0.1, 0.15) is 37.8 Å². The number of fused-ring (bicyclic) bond motifs is 1. The van der Waals surface area contributed by atoms with Crippen molar-refractivity contribution < 1.29 is 14.4 Å². The molecule has 1 heterocycles. The van der Waals surface area contributed by atoms with Gasteiger partial charge in [-0.25, -0.2) is 4.99 Å². The molecule has 0 radical (unpaired) electrons. The lowest BCUT2D eigenvalue weighted by atomic mass is 9.82. The van der Waals surface area contributed by atoms with Crippen LogP contribution in [0, 0.1) is 17.8 Å². The van der Waals surface area contributed by atoms with Gasteiger partial charge in [0.25, 0.3) is 5.91 Å². The van der Waals surface area contributed by atoms with Gasteiger partial charge in [0.05, 0.1) is 17.3 Å². The standard InChI is InChI=1S/C26H31IN4O3/c1-16(2)15-20(18(13-14-27)23(28)32)25(33)30-24-26(34)31(3)21-12-8-7-11-19(21)22(29-24)17-9-5-4-6-10-17/h4-12,16,18,20,24H,13-15H2,1-3H3,(H2,28,32)(H,30,33)/t18-,20+,24+/m0/s1. The second-order valence-corrected chi connectivity index (χ2v) is 9.97. The van der Waals surface area contributed by atoms with Crippen LogP contribution in [0.3, 0.4) is 0 Å². The first-order valence-electron chi connectivity index (χ1n) is 11.4. The maximum absolute atomic E-state index is 13.5. The lowest BCUT2D eigenvalue weighted by molar-refractivity contribution is -0.135. The predicted octanol–water partition coefficient (Wildman–Crippen LogP) is 3.53. The average molecular weight is 574 g/mol. The molecule has 8 heteroatoms. The number of primary amides is 1. The van der Waals surface area contributed by atoms with E-state index >= 15 is 0 Å². The summed E-state index contributed by atoms with van der Waals surface area (Å²) in [7, 11) is 1.68. The zero-order valence-corrected chi connectivity index (χ0v) is 21.9. The van der Waals surface area contributed by atoms with E-state index in [1.807, 2.05) is 68.4 Å². The van der Waals surface area contributed by atoms with Crippen molar-refractivity contribution >= 4 is 51.7 Å². The highest BCUT2D eigenvalue weighted by Crippen LogP contribution is 2.28. The molecule has 3 atom stereocenters. The highest BCUT2D eigenvalue weighted by molar-refractivity contribution is 14.1. The molecule has 3 amide bonds. The Labute approximate surface area is 214 Å². The Hall–Kier alpha value is -2.75. The highest BCUT2D eigenvalue weighted by Gasteiger charge is 2.36. The number of benzene rings is 2. The first-order valence-corrected chi connectivity index (χ1v) is 12.9. The quantitative estimate of drug-likeness (QED) is 0.354. The van der Waals surface area contributed by atoms with Gasteiger partial charge in [0.1, 0.15) is 0 Å². The smallest absolute Gasteiger partial charge is 0.272 e. The molecule has 0 saturated heterocycles. The molecular weight excluding hydrogens is 543 g/mol. The van der Waals surface area contributed by atoms with Gasteiger partial charge in [-0.1, -0.05) is 85.0 Å². The number of halogens is 1. The summed E-state index contributed by atoms with van der Waals surface area (Å²) in [4.78, 5) is 45.4. The van der Waals surface area contributed by atoms with Crippen molar-refractivity contribution in [1.29, 1.82) is 0 Å². The maximum atomic E-state index is 13.5. The second-order valence-electron chi connectivity index (χ2n) is 8.89. The van der Waals surface area contributed by atoms with Crippen LogP contribution < -0.4 is 16.0 Å². The van der Waals surface area contributed by atoms with Gasteiger partial charge in [-0.2, -0.15) is 0 Å². The predicted molar refractivity (Wildman–Crippen MR) is 143 cm³/mol.